The molecule has 1 atom stereocenters. The molecule has 0 heterocycles. The number of nitrogens with one attached hydrogen (secondary N) is 1. The van der Waals surface area contributed by atoms with Gasteiger partial charge in [-0.15, -0.1) is 0 Å². The van der Waals surface area contributed by atoms with Crippen LogP contribution in [-0.4, -0.2) is 43.0 Å². The minimum absolute atomic E-state index is 0.144. The number of methoxy groups -OCH3 is 1. The first-order valence-electron chi connectivity index (χ1n) is 10.3. The second kappa shape index (κ2) is 11.2. The van der Waals surface area contributed by atoms with Crippen molar-refractivity contribution in [3.05, 3.63) is 59.7 Å². The molecule has 2 aromatic rings. The van der Waals surface area contributed by atoms with E-state index in [1.165, 1.54) is 10.5 Å². The lowest BCUT2D eigenvalue weighted by atomic mass is 10.0. The summed E-state index contributed by atoms with van der Waals surface area (Å²) in [7, 11) is 1.59. The fourth-order valence-electron chi connectivity index (χ4n) is 3.05. The Labute approximate surface area is 179 Å². The molecule has 2 amide bonds. The standard InChI is InChI=1S/C24H32N2O4/c1-6-25-24(28)18(4)26(15-19-8-7-9-22(14-19)29-5)23(27)16-30-21-12-10-20(11-13-21)17(2)3/h7-14,17-18H,6,15-16H2,1-5H3,(H,25,28)/t18-/m1/s1. The number of ether oxygens (including phenoxy) is 2. The first-order valence-corrected chi connectivity index (χ1v) is 10.3. The van der Waals surface area contributed by atoms with Gasteiger partial charge in [0.2, 0.25) is 5.91 Å². The molecule has 0 fully saturated rings. The van der Waals surface area contributed by atoms with E-state index in [1.807, 2.05) is 55.5 Å². The van der Waals surface area contributed by atoms with E-state index in [1.54, 1.807) is 14.0 Å². The summed E-state index contributed by atoms with van der Waals surface area (Å²) >= 11 is 0. The summed E-state index contributed by atoms with van der Waals surface area (Å²) in [4.78, 5) is 26.9. The number of nitrogens with zero attached hydrogens (tertiary/aromatic N) is 1. The van der Waals surface area contributed by atoms with Crippen molar-refractivity contribution in [1.82, 2.24) is 10.2 Å². The summed E-state index contributed by atoms with van der Waals surface area (Å²) in [5, 5.41) is 2.78. The van der Waals surface area contributed by atoms with Gasteiger partial charge in [0.1, 0.15) is 17.5 Å². The molecule has 2 aromatic carbocycles. The van der Waals surface area contributed by atoms with Gasteiger partial charge in [0.05, 0.1) is 7.11 Å². The summed E-state index contributed by atoms with van der Waals surface area (Å²) in [5.41, 5.74) is 2.08. The van der Waals surface area contributed by atoms with Gasteiger partial charge in [0.25, 0.3) is 5.91 Å². The quantitative estimate of drug-likeness (QED) is 0.645. The number of carbonyl (C=O) groups excluding carboxylic acids is 2. The van der Waals surface area contributed by atoms with Crippen LogP contribution in [0.2, 0.25) is 0 Å². The third-order valence-corrected chi connectivity index (χ3v) is 4.91. The molecule has 0 aliphatic rings. The van der Waals surface area contributed by atoms with E-state index < -0.39 is 6.04 Å². The third kappa shape index (κ3) is 6.51. The highest BCUT2D eigenvalue weighted by atomic mass is 16.5. The number of hydrogen-bond donors (Lipinski definition) is 1. The van der Waals surface area contributed by atoms with Gasteiger partial charge in [-0.05, 0) is 55.2 Å². The molecule has 0 radical (unpaired) electrons. The van der Waals surface area contributed by atoms with Crippen LogP contribution in [0.5, 0.6) is 11.5 Å². The summed E-state index contributed by atoms with van der Waals surface area (Å²) in [6, 6.07) is 14.5. The Morgan fingerprint density at radius 3 is 2.33 bits per heavy atom. The van der Waals surface area contributed by atoms with E-state index in [-0.39, 0.29) is 25.0 Å². The Balaban J connectivity index is 2.13. The maximum Gasteiger partial charge on any atom is 0.261 e. The Hall–Kier alpha value is -3.02. The van der Waals surface area contributed by atoms with Crippen LogP contribution in [0.3, 0.4) is 0 Å². The smallest absolute Gasteiger partial charge is 0.261 e. The van der Waals surface area contributed by atoms with Crippen LogP contribution in [-0.2, 0) is 16.1 Å². The minimum atomic E-state index is -0.629. The van der Waals surface area contributed by atoms with Crippen molar-refractivity contribution in [2.24, 2.45) is 0 Å². The fraction of sp³-hybridized carbons (Fsp3) is 0.417. The van der Waals surface area contributed by atoms with Gasteiger partial charge < -0.3 is 19.7 Å². The lowest BCUT2D eigenvalue weighted by molar-refractivity contribution is -0.142. The highest BCUT2D eigenvalue weighted by molar-refractivity contribution is 5.87. The van der Waals surface area contributed by atoms with Gasteiger partial charge >= 0.3 is 0 Å². The van der Waals surface area contributed by atoms with Crippen LogP contribution in [0.1, 0.15) is 44.7 Å². The lowest BCUT2D eigenvalue weighted by Gasteiger charge is -2.28. The SMILES string of the molecule is CCNC(=O)[C@@H](C)N(Cc1cccc(OC)c1)C(=O)COc1ccc(C(C)C)cc1. The Morgan fingerprint density at radius 2 is 1.73 bits per heavy atom. The molecule has 0 aliphatic carbocycles. The Kier molecular flexibility index (Phi) is 8.71. The second-order valence-corrected chi connectivity index (χ2v) is 7.46. The number of amides is 2. The molecule has 6 nitrogen and oxygen atoms in total. The molecule has 0 spiro atoms. The molecule has 0 saturated heterocycles. The van der Waals surface area contributed by atoms with Gasteiger partial charge in [-0.1, -0.05) is 38.1 Å². The lowest BCUT2D eigenvalue weighted by Crippen LogP contribution is -2.49. The van der Waals surface area contributed by atoms with Crippen LogP contribution >= 0.6 is 0 Å². The van der Waals surface area contributed by atoms with E-state index >= 15 is 0 Å². The molecular weight excluding hydrogens is 380 g/mol. The predicted octanol–water partition coefficient (Wildman–Crippen LogP) is 3.75. The molecule has 0 unspecified atom stereocenters. The molecule has 0 saturated carbocycles. The monoisotopic (exact) mass is 412 g/mol. The largest absolute Gasteiger partial charge is 0.497 e. The van der Waals surface area contributed by atoms with E-state index in [0.29, 0.717) is 24.0 Å². The zero-order chi connectivity index (χ0) is 22.1. The maximum absolute atomic E-state index is 13.0. The summed E-state index contributed by atoms with van der Waals surface area (Å²) < 4.78 is 11.0. The molecule has 1 N–H and O–H groups in total. The molecular formula is C24H32N2O4. The molecule has 6 heteroatoms. The normalized spacial score (nSPS) is 11.7. The molecule has 30 heavy (non-hydrogen) atoms. The minimum Gasteiger partial charge on any atom is -0.497 e. The van der Waals surface area contributed by atoms with E-state index in [4.69, 9.17) is 9.47 Å². The highest BCUT2D eigenvalue weighted by Crippen LogP contribution is 2.19. The van der Waals surface area contributed by atoms with E-state index in [9.17, 15) is 9.59 Å². The average molecular weight is 413 g/mol. The van der Waals surface area contributed by atoms with Crippen molar-refractivity contribution >= 4 is 11.8 Å². The van der Waals surface area contributed by atoms with E-state index in [0.717, 1.165) is 5.56 Å². The van der Waals surface area contributed by atoms with Gasteiger partial charge in [0.15, 0.2) is 6.61 Å². The van der Waals surface area contributed by atoms with Crippen LogP contribution < -0.4 is 14.8 Å². The number of benzene rings is 2. The average Bonchev–Trinajstić information content (AvgIpc) is 2.75. The Morgan fingerprint density at radius 1 is 1.03 bits per heavy atom. The number of rotatable bonds is 10. The molecule has 0 aromatic heterocycles. The second-order valence-electron chi connectivity index (χ2n) is 7.46. The zero-order valence-corrected chi connectivity index (χ0v) is 18.5. The summed E-state index contributed by atoms with van der Waals surface area (Å²) in [5.74, 6) is 1.29. The highest BCUT2D eigenvalue weighted by Gasteiger charge is 2.26. The van der Waals surface area contributed by atoms with Gasteiger partial charge in [-0.25, -0.2) is 0 Å². The molecule has 0 bridgehead atoms. The molecule has 0 aliphatic heterocycles. The van der Waals surface area contributed by atoms with Crippen molar-refractivity contribution in [2.75, 3.05) is 20.3 Å². The van der Waals surface area contributed by atoms with Crippen LogP contribution in [0.4, 0.5) is 0 Å². The van der Waals surface area contributed by atoms with Crippen LogP contribution in [0, 0.1) is 0 Å². The zero-order valence-electron chi connectivity index (χ0n) is 18.5. The predicted molar refractivity (Wildman–Crippen MR) is 118 cm³/mol. The van der Waals surface area contributed by atoms with Crippen molar-refractivity contribution in [2.45, 2.75) is 46.2 Å². The topological polar surface area (TPSA) is 67.9 Å². The molecule has 162 valence electrons. The molecule has 2 rings (SSSR count). The maximum atomic E-state index is 13.0. The first-order chi connectivity index (χ1) is 14.3. The van der Waals surface area contributed by atoms with Crippen molar-refractivity contribution in [3.63, 3.8) is 0 Å². The Bertz CT molecular complexity index is 833. The van der Waals surface area contributed by atoms with E-state index in [2.05, 4.69) is 19.2 Å². The van der Waals surface area contributed by atoms with Crippen LogP contribution in [0.25, 0.3) is 0 Å². The summed E-state index contributed by atoms with van der Waals surface area (Å²) in [6.07, 6.45) is 0. The van der Waals surface area contributed by atoms with Gasteiger partial charge in [-0.3, -0.25) is 9.59 Å². The van der Waals surface area contributed by atoms with Crippen molar-refractivity contribution < 1.29 is 19.1 Å². The van der Waals surface area contributed by atoms with Crippen molar-refractivity contribution in [3.8, 4) is 11.5 Å². The van der Waals surface area contributed by atoms with Gasteiger partial charge in [0, 0.05) is 13.1 Å². The first kappa shape index (κ1) is 23.3. The van der Waals surface area contributed by atoms with Gasteiger partial charge in [-0.2, -0.15) is 0 Å². The number of carbonyl (C=O) groups is 2. The fourth-order valence-corrected chi connectivity index (χ4v) is 3.05. The number of likely N-dealkylation sites (N-methyl/N-ethyl adjacent to an activating group) is 1. The third-order valence-electron chi connectivity index (χ3n) is 4.91. The van der Waals surface area contributed by atoms with Crippen molar-refractivity contribution in [1.29, 1.82) is 0 Å². The number of hydrogen-bond acceptors (Lipinski definition) is 4. The van der Waals surface area contributed by atoms with Crippen LogP contribution in [0.15, 0.2) is 48.5 Å². The summed E-state index contributed by atoms with van der Waals surface area (Å²) in [6.45, 7) is 8.46.